The van der Waals surface area contributed by atoms with Crippen molar-refractivity contribution in [3.8, 4) is 5.75 Å². The van der Waals surface area contributed by atoms with Crippen LogP contribution in [0.3, 0.4) is 0 Å². The third-order valence-electron chi connectivity index (χ3n) is 3.52. The molecular weight excluding hydrogens is 260 g/mol. The summed E-state index contributed by atoms with van der Waals surface area (Å²) in [5.74, 6) is 0.219. The normalized spacial score (nSPS) is 16.9. The highest BCUT2D eigenvalue weighted by molar-refractivity contribution is 5.35. The second-order valence-electron chi connectivity index (χ2n) is 4.97. The highest BCUT2D eigenvalue weighted by Crippen LogP contribution is 2.31. The zero-order valence-corrected chi connectivity index (χ0v) is 11.7. The standard InChI is InChI=1S/C16H21F2NO/c1-2-19-15(12-7-4-3-5-8-12)13-9-6-10-14(11-13)20-16(17)18/h6-7,9-11,15-16,19H,2-5,8H2,1H3. The Morgan fingerprint density at radius 1 is 1.30 bits per heavy atom. The van der Waals surface area contributed by atoms with E-state index in [1.807, 2.05) is 6.07 Å². The van der Waals surface area contributed by atoms with Crippen LogP contribution in [0.4, 0.5) is 8.78 Å². The van der Waals surface area contributed by atoms with Crippen molar-refractivity contribution in [1.29, 1.82) is 0 Å². The van der Waals surface area contributed by atoms with E-state index in [1.165, 1.54) is 18.4 Å². The van der Waals surface area contributed by atoms with E-state index in [1.54, 1.807) is 18.2 Å². The Bertz CT molecular complexity index is 460. The number of benzene rings is 1. The van der Waals surface area contributed by atoms with Crippen LogP contribution >= 0.6 is 0 Å². The third-order valence-corrected chi connectivity index (χ3v) is 3.52. The lowest BCUT2D eigenvalue weighted by Crippen LogP contribution is -2.23. The van der Waals surface area contributed by atoms with Gasteiger partial charge in [0.15, 0.2) is 0 Å². The zero-order valence-electron chi connectivity index (χ0n) is 11.7. The number of hydrogen-bond acceptors (Lipinski definition) is 2. The Kier molecular flexibility index (Phi) is 5.53. The first kappa shape index (κ1) is 15.0. The average molecular weight is 281 g/mol. The molecule has 110 valence electrons. The minimum absolute atomic E-state index is 0.0986. The number of likely N-dealkylation sites (N-methyl/N-ethyl adjacent to an activating group) is 1. The molecule has 0 heterocycles. The van der Waals surface area contributed by atoms with Crippen molar-refractivity contribution in [1.82, 2.24) is 5.32 Å². The molecule has 1 N–H and O–H groups in total. The fourth-order valence-corrected chi connectivity index (χ4v) is 2.66. The molecule has 0 spiro atoms. The van der Waals surface area contributed by atoms with Gasteiger partial charge in [0.05, 0.1) is 6.04 Å². The summed E-state index contributed by atoms with van der Waals surface area (Å²) >= 11 is 0. The largest absolute Gasteiger partial charge is 0.435 e. The summed E-state index contributed by atoms with van der Waals surface area (Å²) in [7, 11) is 0. The predicted octanol–water partition coefficient (Wildman–Crippen LogP) is 4.44. The molecule has 0 saturated heterocycles. The summed E-state index contributed by atoms with van der Waals surface area (Å²) in [6, 6.07) is 7.09. The van der Waals surface area contributed by atoms with Crippen LogP contribution in [0, 0.1) is 0 Å². The fraction of sp³-hybridized carbons (Fsp3) is 0.500. The molecule has 4 heteroatoms. The monoisotopic (exact) mass is 281 g/mol. The van der Waals surface area contributed by atoms with E-state index in [-0.39, 0.29) is 11.8 Å². The van der Waals surface area contributed by atoms with Gasteiger partial charge in [0.1, 0.15) is 5.75 Å². The van der Waals surface area contributed by atoms with Crippen molar-refractivity contribution in [2.75, 3.05) is 6.54 Å². The predicted molar refractivity (Wildman–Crippen MR) is 76.0 cm³/mol. The van der Waals surface area contributed by atoms with Crippen molar-refractivity contribution in [2.45, 2.75) is 45.3 Å². The summed E-state index contributed by atoms with van der Waals surface area (Å²) in [5.41, 5.74) is 2.34. The molecule has 1 aromatic rings. The van der Waals surface area contributed by atoms with E-state index in [4.69, 9.17) is 0 Å². The smallest absolute Gasteiger partial charge is 0.387 e. The lowest BCUT2D eigenvalue weighted by molar-refractivity contribution is -0.0498. The maximum atomic E-state index is 12.3. The Morgan fingerprint density at radius 2 is 2.15 bits per heavy atom. The highest BCUT2D eigenvalue weighted by atomic mass is 19.3. The van der Waals surface area contributed by atoms with Gasteiger partial charge in [-0.25, -0.2) is 0 Å². The second-order valence-corrected chi connectivity index (χ2v) is 4.97. The fourth-order valence-electron chi connectivity index (χ4n) is 2.66. The van der Waals surface area contributed by atoms with Crippen LogP contribution in [0.1, 0.15) is 44.2 Å². The third kappa shape index (κ3) is 4.04. The molecule has 2 nitrogen and oxygen atoms in total. The van der Waals surface area contributed by atoms with Crippen molar-refractivity contribution in [3.63, 3.8) is 0 Å². The van der Waals surface area contributed by atoms with Crippen LogP contribution in [0.2, 0.25) is 0 Å². The van der Waals surface area contributed by atoms with Crippen molar-refractivity contribution in [3.05, 3.63) is 41.5 Å². The first-order chi connectivity index (χ1) is 9.70. The van der Waals surface area contributed by atoms with Gasteiger partial charge in [-0.2, -0.15) is 8.78 Å². The molecule has 0 aliphatic heterocycles. The highest BCUT2D eigenvalue weighted by Gasteiger charge is 2.18. The van der Waals surface area contributed by atoms with Crippen LogP contribution in [-0.4, -0.2) is 13.2 Å². The van der Waals surface area contributed by atoms with Crippen LogP contribution in [0.25, 0.3) is 0 Å². The molecule has 0 amide bonds. The minimum atomic E-state index is -2.78. The van der Waals surface area contributed by atoms with E-state index < -0.39 is 6.61 Å². The van der Waals surface area contributed by atoms with Crippen LogP contribution in [-0.2, 0) is 0 Å². The van der Waals surface area contributed by atoms with E-state index >= 15 is 0 Å². The summed E-state index contributed by atoms with van der Waals surface area (Å²) in [5, 5.41) is 3.44. The SMILES string of the molecule is CCNC(C1=CCCCC1)c1cccc(OC(F)F)c1. The van der Waals surface area contributed by atoms with E-state index in [0.29, 0.717) is 0 Å². The number of rotatable bonds is 6. The Labute approximate surface area is 118 Å². The molecule has 1 aromatic carbocycles. The Balaban J connectivity index is 2.22. The van der Waals surface area contributed by atoms with Gasteiger partial charge in [-0.3, -0.25) is 0 Å². The molecule has 0 saturated carbocycles. The van der Waals surface area contributed by atoms with Gasteiger partial charge in [0, 0.05) is 0 Å². The Morgan fingerprint density at radius 3 is 2.80 bits per heavy atom. The van der Waals surface area contributed by atoms with Crippen molar-refractivity contribution < 1.29 is 13.5 Å². The number of halogens is 2. The van der Waals surface area contributed by atoms with Crippen LogP contribution < -0.4 is 10.1 Å². The molecule has 20 heavy (non-hydrogen) atoms. The number of alkyl halides is 2. The van der Waals surface area contributed by atoms with Gasteiger partial charge >= 0.3 is 6.61 Å². The van der Waals surface area contributed by atoms with Crippen LogP contribution in [0.15, 0.2) is 35.9 Å². The summed E-state index contributed by atoms with van der Waals surface area (Å²) in [4.78, 5) is 0. The second kappa shape index (κ2) is 7.39. The van der Waals surface area contributed by atoms with Gasteiger partial charge < -0.3 is 10.1 Å². The molecule has 1 aliphatic rings. The number of nitrogens with one attached hydrogen (secondary N) is 1. The van der Waals surface area contributed by atoms with Gasteiger partial charge in [0.2, 0.25) is 0 Å². The lowest BCUT2D eigenvalue weighted by Gasteiger charge is -2.25. The average Bonchev–Trinajstić information content (AvgIpc) is 2.45. The molecular formula is C16H21F2NO. The first-order valence-electron chi connectivity index (χ1n) is 7.17. The van der Waals surface area contributed by atoms with Crippen molar-refractivity contribution >= 4 is 0 Å². The summed E-state index contributed by atoms with van der Waals surface area (Å²) < 4.78 is 29.1. The van der Waals surface area contributed by atoms with E-state index in [0.717, 1.165) is 24.9 Å². The van der Waals surface area contributed by atoms with E-state index in [9.17, 15) is 8.78 Å². The Hall–Kier alpha value is -1.42. The quantitative estimate of drug-likeness (QED) is 0.778. The van der Waals surface area contributed by atoms with Gasteiger partial charge in [-0.05, 0) is 49.9 Å². The number of hydrogen-bond donors (Lipinski definition) is 1. The van der Waals surface area contributed by atoms with Gasteiger partial charge in [0.25, 0.3) is 0 Å². The molecule has 1 unspecified atom stereocenters. The topological polar surface area (TPSA) is 21.3 Å². The van der Waals surface area contributed by atoms with Gasteiger partial charge in [-0.1, -0.05) is 30.7 Å². The summed E-state index contributed by atoms with van der Waals surface area (Å²) in [6.07, 6.45) is 6.87. The summed E-state index contributed by atoms with van der Waals surface area (Å²) in [6.45, 7) is 0.106. The molecule has 0 bridgehead atoms. The molecule has 0 aromatic heterocycles. The van der Waals surface area contributed by atoms with Crippen LogP contribution in [0.5, 0.6) is 5.75 Å². The molecule has 1 atom stereocenters. The van der Waals surface area contributed by atoms with Gasteiger partial charge in [-0.15, -0.1) is 0 Å². The van der Waals surface area contributed by atoms with Crippen molar-refractivity contribution in [2.24, 2.45) is 0 Å². The first-order valence-corrected chi connectivity index (χ1v) is 7.17. The maximum absolute atomic E-state index is 12.3. The molecule has 0 radical (unpaired) electrons. The number of allylic oxidation sites excluding steroid dienone is 1. The molecule has 2 rings (SSSR count). The lowest BCUT2D eigenvalue weighted by atomic mass is 9.89. The van der Waals surface area contributed by atoms with E-state index in [2.05, 4.69) is 23.1 Å². The maximum Gasteiger partial charge on any atom is 0.387 e. The number of ether oxygens (including phenoxy) is 1. The molecule has 0 fully saturated rings. The minimum Gasteiger partial charge on any atom is -0.435 e. The zero-order chi connectivity index (χ0) is 14.4. The molecule has 1 aliphatic carbocycles.